The van der Waals surface area contributed by atoms with Crippen molar-refractivity contribution in [1.82, 2.24) is 9.88 Å². The first-order valence-corrected chi connectivity index (χ1v) is 6.32. The molecule has 1 amide bonds. The SMILES string of the molecule is N#CCN(C(=O)CCC(=O)c1ccncc1)C1CC1. The van der Waals surface area contributed by atoms with E-state index in [9.17, 15) is 9.59 Å². The van der Waals surface area contributed by atoms with Crippen molar-refractivity contribution in [2.24, 2.45) is 0 Å². The van der Waals surface area contributed by atoms with E-state index in [0.717, 1.165) is 12.8 Å². The second-order valence-corrected chi connectivity index (χ2v) is 4.57. The van der Waals surface area contributed by atoms with Crippen LogP contribution in [-0.4, -0.2) is 34.2 Å². The minimum absolute atomic E-state index is 0.0662. The van der Waals surface area contributed by atoms with Gasteiger partial charge in [-0.3, -0.25) is 14.6 Å². The van der Waals surface area contributed by atoms with Crippen molar-refractivity contribution in [3.05, 3.63) is 30.1 Å². The summed E-state index contributed by atoms with van der Waals surface area (Å²) < 4.78 is 0. The van der Waals surface area contributed by atoms with Crippen LogP contribution in [0.4, 0.5) is 0 Å². The van der Waals surface area contributed by atoms with Crippen LogP contribution in [0.3, 0.4) is 0 Å². The molecule has 19 heavy (non-hydrogen) atoms. The highest BCUT2D eigenvalue weighted by Crippen LogP contribution is 2.27. The molecule has 0 bridgehead atoms. The van der Waals surface area contributed by atoms with Gasteiger partial charge < -0.3 is 4.90 Å². The number of carbonyl (C=O) groups excluding carboxylic acids is 2. The molecule has 0 N–H and O–H groups in total. The Bertz CT molecular complexity index is 503. The number of rotatable bonds is 6. The molecule has 1 aromatic heterocycles. The third kappa shape index (κ3) is 3.62. The monoisotopic (exact) mass is 257 g/mol. The zero-order valence-corrected chi connectivity index (χ0v) is 10.6. The van der Waals surface area contributed by atoms with Gasteiger partial charge in [-0.25, -0.2) is 0 Å². The van der Waals surface area contributed by atoms with Gasteiger partial charge in [0.2, 0.25) is 5.91 Å². The summed E-state index contributed by atoms with van der Waals surface area (Å²) >= 11 is 0. The van der Waals surface area contributed by atoms with Gasteiger partial charge in [-0.15, -0.1) is 0 Å². The van der Waals surface area contributed by atoms with Crippen LogP contribution in [0.1, 0.15) is 36.0 Å². The lowest BCUT2D eigenvalue weighted by Gasteiger charge is -2.18. The maximum Gasteiger partial charge on any atom is 0.224 e. The molecular weight excluding hydrogens is 242 g/mol. The number of nitriles is 1. The first-order valence-electron chi connectivity index (χ1n) is 6.32. The summed E-state index contributed by atoms with van der Waals surface area (Å²) in [6.07, 6.45) is 5.39. The summed E-state index contributed by atoms with van der Waals surface area (Å²) in [5, 5.41) is 8.70. The van der Waals surface area contributed by atoms with Gasteiger partial charge in [0.1, 0.15) is 6.54 Å². The van der Waals surface area contributed by atoms with Gasteiger partial charge in [0, 0.05) is 36.8 Å². The number of hydrogen-bond acceptors (Lipinski definition) is 4. The molecule has 1 heterocycles. The fourth-order valence-electron chi connectivity index (χ4n) is 1.93. The van der Waals surface area contributed by atoms with Crippen molar-refractivity contribution < 1.29 is 9.59 Å². The average Bonchev–Trinajstić information content (AvgIpc) is 3.27. The van der Waals surface area contributed by atoms with Crippen molar-refractivity contribution in [2.75, 3.05) is 6.54 Å². The number of hydrogen-bond donors (Lipinski definition) is 0. The Morgan fingerprint density at radius 3 is 2.58 bits per heavy atom. The number of nitrogens with zero attached hydrogens (tertiary/aromatic N) is 3. The number of pyridine rings is 1. The fourth-order valence-corrected chi connectivity index (χ4v) is 1.93. The normalized spacial score (nSPS) is 13.6. The second kappa shape index (κ2) is 6.10. The average molecular weight is 257 g/mol. The summed E-state index contributed by atoms with van der Waals surface area (Å²) in [4.78, 5) is 29.2. The van der Waals surface area contributed by atoms with Gasteiger partial charge >= 0.3 is 0 Å². The molecule has 1 aliphatic rings. The largest absolute Gasteiger partial charge is 0.326 e. The number of carbonyl (C=O) groups is 2. The van der Waals surface area contributed by atoms with Gasteiger partial charge in [-0.2, -0.15) is 5.26 Å². The van der Waals surface area contributed by atoms with Gasteiger partial charge in [-0.05, 0) is 25.0 Å². The highest BCUT2D eigenvalue weighted by Gasteiger charge is 2.32. The van der Waals surface area contributed by atoms with E-state index >= 15 is 0 Å². The van der Waals surface area contributed by atoms with E-state index in [1.54, 1.807) is 29.4 Å². The van der Waals surface area contributed by atoms with E-state index in [1.165, 1.54) is 0 Å². The smallest absolute Gasteiger partial charge is 0.224 e. The van der Waals surface area contributed by atoms with Crippen LogP contribution in [0, 0.1) is 11.3 Å². The van der Waals surface area contributed by atoms with E-state index in [2.05, 4.69) is 4.98 Å². The lowest BCUT2D eigenvalue weighted by molar-refractivity contribution is -0.131. The maximum absolute atomic E-state index is 12.0. The first kappa shape index (κ1) is 13.2. The molecule has 2 rings (SSSR count). The van der Waals surface area contributed by atoms with Crippen LogP contribution >= 0.6 is 0 Å². The molecule has 1 saturated carbocycles. The van der Waals surface area contributed by atoms with Crippen LogP contribution in [-0.2, 0) is 4.79 Å². The highest BCUT2D eigenvalue weighted by molar-refractivity contribution is 5.97. The lowest BCUT2D eigenvalue weighted by Crippen LogP contribution is -2.33. The van der Waals surface area contributed by atoms with Crippen molar-refractivity contribution in [2.45, 2.75) is 31.7 Å². The molecule has 1 aromatic rings. The molecule has 0 spiro atoms. The van der Waals surface area contributed by atoms with Gasteiger partial charge in [0.15, 0.2) is 5.78 Å². The summed E-state index contributed by atoms with van der Waals surface area (Å²) in [6, 6.07) is 5.49. The number of ketones is 1. The van der Waals surface area contributed by atoms with E-state index < -0.39 is 0 Å². The van der Waals surface area contributed by atoms with E-state index in [0.29, 0.717) is 5.56 Å². The van der Waals surface area contributed by atoms with Crippen LogP contribution in [0.25, 0.3) is 0 Å². The minimum atomic E-state index is -0.105. The molecule has 1 fully saturated rings. The molecule has 5 nitrogen and oxygen atoms in total. The zero-order valence-electron chi connectivity index (χ0n) is 10.6. The van der Waals surface area contributed by atoms with E-state index in [-0.39, 0.29) is 37.1 Å². The number of Topliss-reactive ketones (excluding diaryl/α,β-unsaturated/α-hetero) is 1. The van der Waals surface area contributed by atoms with E-state index in [1.807, 2.05) is 6.07 Å². The number of amides is 1. The molecule has 0 radical (unpaired) electrons. The Morgan fingerprint density at radius 2 is 2.00 bits per heavy atom. The Labute approximate surface area is 111 Å². The topological polar surface area (TPSA) is 74.1 Å². The molecule has 1 aliphatic carbocycles. The molecule has 0 aromatic carbocycles. The summed E-state index contributed by atoms with van der Waals surface area (Å²) in [5.41, 5.74) is 0.570. The molecule has 0 atom stereocenters. The minimum Gasteiger partial charge on any atom is -0.326 e. The van der Waals surface area contributed by atoms with Crippen LogP contribution in [0.5, 0.6) is 0 Å². The Hall–Kier alpha value is -2.22. The summed E-state index contributed by atoms with van der Waals surface area (Å²) in [5.74, 6) is -0.171. The van der Waals surface area contributed by atoms with Crippen LogP contribution < -0.4 is 0 Å². The third-order valence-electron chi connectivity index (χ3n) is 3.12. The van der Waals surface area contributed by atoms with Gasteiger partial charge in [-0.1, -0.05) is 0 Å². The maximum atomic E-state index is 12.0. The quantitative estimate of drug-likeness (QED) is 0.572. The molecule has 0 unspecified atom stereocenters. The summed E-state index contributed by atoms with van der Waals surface area (Å²) in [6.45, 7) is 0.118. The fraction of sp³-hybridized carbons (Fsp3) is 0.429. The van der Waals surface area contributed by atoms with Crippen molar-refractivity contribution in [3.63, 3.8) is 0 Å². The van der Waals surface area contributed by atoms with Crippen LogP contribution in [0.15, 0.2) is 24.5 Å². The van der Waals surface area contributed by atoms with Crippen molar-refractivity contribution in [3.8, 4) is 6.07 Å². The highest BCUT2D eigenvalue weighted by atomic mass is 16.2. The predicted octanol–water partition coefficient (Wildman–Crippen LogP) is 1.56. The number of aromatic nitrogens is 1. The predicted molar refractivity (Wildman–Crippen MR) is 68.1 cm³/mol. The molecule has 0 saturated heterocycles. The Morgan fingerprint density at radius 1 is 1.32 bits per heavy atom. The first-order chi connectivity index (χ1) is 9.22. The summed E-state index contributed by atoms with van der Waals surface area (Å²) in [7, 11) is 0. The van der Waals surface area contributed by atoms with Crippen molar-refractivity contribution in [1.29, 1.82) is 5.26 Å². The Kier molecular flexibility index (Phi) is 4.24. The van der Waals surface area contributed by atoms with Gasteiger partial charge in [0.05, 0.1) is 6.07 Å². The molecule has 5 heteroatoms. The molecule has 0 aliphatic heterocycles. The Balaban J connectivity index is 1.86. The second-order valence-electron chi connectivity index (χ2n) is 4.57. The molecule has 98 valence electrons. The lowest BCUT2D eigenvalue weighted by atomic mass is 10.1. The third-order valence-corrected chi connectivity index (χ3v) is 3.12. The standard InChI is InChI=1S/C14H15N3O2/c15-7-10-17(12-1-2-12)14(19)4-3-13(18)11-5-8-16-9-6-11/h5-6,8-9,12H,1-4,10H2. The van der Waals surface area contributed by atoms with E-state index in [4.69, 9.17) is 5.26 Å². The zero-order chi connectivity index (χ0) is 13.7. The van der Waals surface area contributed by atoms with Gasteiger partial charge in [0.25, 0.3) is 0 Å². The van der Waals surface area contributed by atoms with Crippen molar-refractivity contribution >= 4 is 11.7 Å². The molecular formula is C14H15N3O2. The van der Waals surface area contributed by atoms with Crippen LogP contribution in [0.2, 0.25) is 0 Å².